The molecule has 25 heavy (non-hydrogen) atoms. The molecule has 1 atom stereocenters. The number of benzene rings is 2. The summed E-state index contributed by atoms with van der Waals surface area (Å²) in [5.74, 6) is 2.99. The quantitative estimate of drug-likeness (QED) is 0.773. The van der Waals surface area contributed by atoms with Crippen molar-refractivity contribution in [3.8, 4) is 0 Å². The molecule has 134 valence electrons. The molecule has 0 aliphatic rings. The second-order valence-electron chi connectivity index (χ2n) is 5.66. The lowest BCUT2D eigenvalue weighted by atomic mass is 10.2. The van der Waals surface area contributed by atoms with E-state index in [1.807, 2.05) is 0 Å². The third-order valence-electron chi connectivity index (χ3n) is 3.80. The number of likely N-dealkylation sites (N-methyl/N-ethyl adjacent to an activating group) is 1. The first-order valence-corrected chi connectivity index (χ1v) is 9.31. The Morgan fingerprint density at radius 2 is 2.04 bits per heavy atom. The number of nitrogens with one attached hydrogen (secondary N) is 1. The van der Waals surface area contributed by atoms with Gasteiger partial charge in [0.05, 0.1) is 16.3 Å². The van der Waals surface area contributed by atoms with Gasteiger partial charge in [-0.25, -0.2) is 12.9 Å². The topological polar surface area (TPSA) is 69.6 Å². The highest BCUT2D eigenvalue weighted by molar-refractivity contribution is 7.98. The number of carbonyl (C=O) groups is 1. The van der Waals surface area contributed by atoms with E-state index in [0.29, 0.717) is 21.7 Å². The van der Waals surface area contributed by atoms with Crippen LogP contribution in [0.2, 0.25) is 0 Å². The summed E-state index contributed by atoms with van der Waals surface area (Å²) in [7, 11) is -1.20. The monoisotopic (exact) mass is 364 g/mol. The summed E-state index contributed by atoms with van der Waals surface area (Å²) in [5, 5.41) is 11.7. The molecular weight excluding hydrogens is 343 g/mol. The number of aryl methyl sites for hydroxylation is 1. The summed E-state index contributed by atoms with van der Waals surface area (Å²) >= 11 is 0. The number of halogens is 1. The van der Waals surface area contributed by atoms with Gasteiger partial charge in [-0.05, 0) is 61.8 Å². The standard InChI is InChI=1S/C18H21FN2O3S/c1-13-11-15(7-8-17(13)19)20-18(23)14-5-4-6-16(12-14)25(3,24)21(2)9-10-22/h4-8,11-12,22H,3,9-10H2,1-2H3,(H,20,23). The number of hydrogen-bond acceptors (Lipinski definition) is 3. The van der Waals surface area contributed by atoms with Crippen LogP contribution >= 0.6 is 0 Å². The molecule has 0 saturated heterocycles. The Hall–Kier alpha value is -2.22. The molecular formula is C18H21FN2O3S. The molecule has 7 heteroatoms. The van der Waals surface area contributed by atoms with Gasteiger partial charge in [-0.1, -0.05) is 6.07 Å². The molecule has 0 aliphatic heterocycles. The third-order valence-corrected chi connectivity index (χ3v) is 5.98. The molecule has 2 rings (SSSR count). The van der Waals surface area contributed by atoms with E-state index < -0.39 is 15.6 Å². The number of aliphatic hydroxyl groups is 1. The highest BCUT2D eigenvalue weighted by atomic mass is 32.2. The van der Waals surface area contributed by atoms with Crippen LogP contribution in [0.15, 0.2) is 47.4 Å². The minimum atomic E-state index is -2.80. The van der Waals surface area contributed by atoms with Gasteiger partial charge in [0.15, 0.2) is 0 Å². The fourth-order valence-corrected chi connectivity index (χ4v) is 3.57. The van der Waals surface area contributed by atoms with E-state index >= 15 is 0 Å². The first-order valence-electron chi connectivity index (χ1n) is 7.62. The number of hydrogen-bond donors (Lipinski definition) is 2. The molecule has 0 heterocycles. The predicted octanol–water partition coefficient (Wildman–Crippen LogP) is 2.30. The van der Waals surface area contributed by atoms with Crippen molar-refractivity contribution < 1.29 is 18.5 Å². The second-order valence-corrected chi connectivity index (χ2v) is 8.04. The van der Waals surface area contributed by atoms with Gasteiger partial charge < -0.3 is 10.4 Å². The van der Waals surface area contributed by atoms with E-state index in [2.05, 4.69) is 11.2 Å². The Morgan fingerprint density at radius 3 is 2.68 bits per heavy atom. The lowest BCUT2D eigenvalue weighted by Crippen LogP contribution is -2.29. The number of anilines is 1. The summed E-state index contributed by atoms with van der Waals surface area (Å²) in [6.07, 6.45) is 0. The van der Waals surface area contributed by atoms with Crippen molar-refractivity contribution in [1.29, 1.82) is 0 Å². The van der Waals surface area contributed by atoms with Gasteiger partial charge in [-0.2, -0.15) is 0 Å². The van der Waals surface area contributed by atoms with E-state index in [9.17, 15) is 13.4 Å². The largest absolute Gasteiger partial charge is 0.395 e. The zero-order chi connectivity index (χ0) is 18.6. The minimum absolute atomic E-state index is 0.146. The Labute approximate surface area is 147 Å². The Morgan fingerprint density at radius 1 is 1.32 bits per heavy atom. The van der Waals surface area contributed by atoms with Crippen molar-refractivity contribution in [2.45, 2.75) is 11.8 Å². The summed E-state index contributed by atoms with van der Waals surface area (Å²) in [6.45, 7) is 1.67. The lowest BCUT2D eigenvalue weighted by Gasteiger charge is -2.21. The molecule has 0 bridgehead atoms. The molecule has 1 amide bonds. The molecule has 0 aliphatic carbocycles. The molecule has 0 saturated carbocycles. The second kappa shape index (κ2) is 7.77. The molecule has 5 nitrogen and oxygen atoms in total. The summed E-state index contributed by atoms with van der Waals surface area (Å²) in [5.41, 5.74) is 1.22. The Kier molecular flexibility index (Phi) is 5.94. The highest BCUT2D eigenvalue weighted by Crippen LogP contribution is 2.18. The fourth-order valence-electron chi connectivity index (χ4n) is 2.23. The molecule has 2 N–H and O–H groups in total. The summed E-state index contributed by atoms with van der Waals surface area (Å²) in [4.78, 5) is 12.8. The number of rotatable bonds is 6. The Balaban J connectivity index is 2.25. The van der Waals surface area contributed by atoms with Gasteiger partial charge in [-0.15, -0.1) is 0 Å². The normalized spacial score (nSPS) is 13.5. The summed E-state index contributed by atoms with van der Waals surface area (Å²) < 4.78 is 27.6. The zero-order valence-corrected chi connectivity index (χ0v) is 15.0. The van der Waals surface area contributed by atoms with Crippen LogP contribution in [0, 0.1) is 12.7 Å². The van der Waals surface area contributed by atoms with Crippen molar-refractivity contribution in [1.82, 2.24) is 4.31 Å². The van der Waals surface area contributed by atoms with Crippen LogP contribution in [0.25, 0.3) is 0 Å². The van der Waals surface area contributed by atoms with Gasteiger partial charge in [0, 0.05) is 22.7 Å². The van der Waals surface area contributed by atoms with Gasteiger partial charge >= 0.3 is 0 Å². The molecule has 0 radical (unpaired) electrons. The van der Waals surface area contributed by atoms with E-state index in [1.54, 1.807) is 32.2 Å². The van der Waals surface area contributed by atoms with Crippen LogP contribution in [0.1, 0.15) is 15.9 Å². The zero-order valence-electron chi connectivity index (χ0n) is 14.2. The van der Waals surface area contributed by atoms with Crippen molar-refractivity contribution in [2.75, 3.05) is 25.5 Å². The van der Waals surface area contributed by atoms with Crippen LogP contribution in [-0.4, -0.2) is 45.6 Å². The maximum absolute atomic E-state index is 13.3. The van der Waals surface area contributed by atoms with Crippen LogP contribution in [0.4, 0.5) is 10.1 Å². The molecule has 1 unspecified atom stereocenters. The third kappa shape index (κ3) is 4.45. The molecule has 0 spiro atoms. The number of nitrogens with zero attached hydrogens (tertiary/aromatic N) is 1. The van der Waals surface area contributed by atoms with Crippen LogP contribution in [0.5, 0.6) is 0 Å². The van der Waals surface area contributed by atoms with Crippen molar-refractivity contribution >= 4 is 27.2 Å². The van der Waals surface area contributed by atoms with Gasteiger partial charge in [0.2, 0.25) is 0 Å². The van der Waals surface area contributed by atoms with E-state index in [4.69, 9.17) is 5.11 Å². The van der Waals surface area contributed by atoms with Crippen molar-refractivity contribution in [3.05, 3.63) is 59.4 Å². The van der Waals surface area contributed by atoms with E-state index in [0.717, 1.165) is 0 Å². The molecule has 2 aromatic carbocycles. The van der Waals surface area contributed by atoms with Crippen LogP contribution in [-0.2, 0) is 9.71 Å². The predicted molar refractivity (Wildman–Crippen MR) is 98.8 cm³/mol. The van der Waals surface area contributed by atoms with E-state index in [1.165, 1.54) is 28.6 Å². The van der Waals surface area contributed by atoms with Gasteiger partial charge in [0.25, 0.3) is 5.91 Å². The fraction of sp³-hybridized carbons (Fsp3) is 0.222. The number of aliphatic hydroxyl groups excluding tert-OH is 1. The van der Waals surface area contributed by atoms with Crippen molar-refractivity contribution in [2.24, 2.45) is 0 Å². The van der Waals surface area contributed by atoms with Gasteiger partial charge in [0.1, 0.15) is 5.82 Å². The molecule has 0 fully saturated rings. The first-order chi connectivity index (χ1) is 11.8. The van der Waals surface area contributed by atoms with Crippen molar-refractivity contribution in [3.63, 3.8) is 0 Å². The SMILES string of the molecule is C=S(=O)(c1cccc(C(=O)Nc2ccc(F)c(C)c2)c1)N(C)CCO. The van der Waals surface area contributed by atoms with Crippen LogP contribution < -0.4 is 5.32 Å². The van der Waals surface area contributed by atoms with E-state index in [-0.39, 0.29) is 19.0 Å². The Bertz CT molecular complexity index is 882. The highest BCUT2D eigenvalue weighted by Gasteiger charge is 2.16. The minimum Gasteiger partial charge on any atom is -0.395 e. The van der Waals surface area contributed by atoms with Crippen LogP contribution in [0.3, 0.4) is 0 Å². The summed E-state index contributed by atoms with van der Waals surface area (Å²) in [6, 6.07) is 10.7. The average Bonchev–Trinajstić information content (AvgIpc) is 2.58. The lowest BCUT2D eigenvalue weighted by molar-refractivity contribution is 0.102. The molecule has 2 aromatic rings. The molecule has 0 aromatic heterocycles. The number of carbonyl (C=O) groups excluding carboxylic acids is 1. The average molecular weight is 364 g/mol. The maximum Gasteiger partial charge on any atom is 0.255 e. The number of amides is 1. The van der Waals surface area contributed by atoms with Gasteiger partial charge in [-0.3, -0.25) is 4.79 Å². The first kappa shape index (κ1) is 19.1. The maximum atomic E-state index is 13.3. The smallest absolute Gasteiger partial charge is 0.255 e.